The molecule has 2 aromatic heterocycles. The molecule has 0 saturated carbocycles. The molecule has 2 aromatic rings. The molecule has 1 aliphatic heterocycles. The molecule has 10 nitrogen and oxygen atoms in total. The van der Waals surface area contributed by atoms with Gasteiger partial charge < -0.3 is 20.3 Å². The predicted molar refractivity (Wildman–Crippen MR) is 73.7 cm³/mol. The smallest absolute Gasteiger partial charge is 0.302 e. The number of hydrogen-bond donors (Lipinski definition) is 3. The van der Waals surface area contributed by atoms with Gasteiger partial charge in [0.15, 0.2) is 11.2 Å². The number of H-pyrrole nitrogens is 1. The third-order valence-electron chi connectivity index (χ3n) is 3.44. The van der Waals surface area contributed by atoms with E-state index >= 15 is 0 Å². The van der Waals surface area contributed by atoms with Gasteiger partial charge in [0.05, 0.1) is 12.9 Å². The molecule has 4 N–H and O–H groups in total. The van der Waals surface area contributed by atoms with Crippen molar-refractivity contribution in [1.29, 1.82) is 0 Å². The number of aliphatic hydroxyl groups excluding tert-OH is 1. The van der Waals surface area contributed by atoms with E-state index in [1.165, 1.54) is 17.8 Å². The van der Waals surface area contributed by atoms with Crippen LogP contribution in [0.1, 0.15) is 19.6 Å². The lowest BCUT2D eigenvalue weighted by Crippen LogP contribution is -2.29. The summed E-state index contributed by atoms with van der Waals surface area (Å²) in [5, 5.41) is 9.33. The average Bonchev–Trinajstić information content (AvgIpc) is 3.01. The van der Waals surface area contributed by atoms with Crippen LogP contribution < -0.4 is 11.3 Å². The van der Waals surface area contributed by atoms with E-state index in [0.29, 0.717) is 6.42 Å². The molecule has 0 aromatic carbocycles. The van der Waals surface area contributed by atoms with Crippen LogP contribution in [0.15, 0.2) is 11.1 Å². The normalized spacial score (nSPS) is 24.7. The highest BCUT2D eigenvalue weighted by Crippen LogP contribution is 2.32. The molecule has 1 fully saturated rings. The molecule has 3 atom stereocenters. The summed E-state index contributed by atoms with van der Waals surface area (Å²) in [7, 11) is 0. The van der Waals surface area contributed by atoms with Crippen molar-refractivity contribution in [2.24, 2.45) is 0 Å². The van der Waals surface area contributed by atoms with Crippen molar-refractivity contribution in [2.75, 3.05) is 12.3 Å². The number of nitrogens with one attached hydrogen (secondary N) is 1. The Hall–Kier alpha value is -2.46. The van der Waals surface area contributed by atoms with Crippen molar-refractivity contribution in [3.8, 4) is 0 Å². The molecule has 0 spiro atoms. The first kappa shape index (κ1) is 14.5. The highest BCUT2D eigenvalue weighted by molar-refractivity contribution is 5.70. The Morgan fingerprint density at radius 3 is 3.14 bits per heavy atom. The van der Waals surface area contributed by atoms with Gasteiger partial charge >= 0.3 is 5.97 Å². The van der Waals surface area contributed by atoms with Gasteiger partial charge in [-0.25, -0.2) is 4.98 Å². The highest BCUT2D eigenvalue weighted by Gasteiger charge is 2.38. The van der Waals surface area contributed by atoms with Crippen LogP contribution >= 0.6 is 0 Å². The van der Waals surface area contributed by atoms with Gasteiger partial charge in [-0.15, -0.1) is 0 Å². The van der Waals surface area contributed by atoms with E-state index in [9.17, 15) is 14.7 Å². The van der Waals surface area contributed by atoms with Gasteiger partial charge in [-0.2, -0.15) is 4.98 Å². The summed E-state index contributed by atoms with van der Waals surface area (Å²) >= 11 is 0. The topological polar surface area (TPSA) is 145 Å². The van der Waals surface area contributed by atoms with Crippen LogP contribution in [-0.4, -0.2) is 49.4 Å². The first-order chi connectivity index (χ1) is 10.5. The molecule has 0 amide bonds. The standard InChI is InChI=1S/C12H15N5O5/c1-5(19)21-6-2-8(22-7(6)3-18)17-4-14-9-10(17)15-12(13)16-11(9)20/h4,6-8,18H,2-3H2,1H3,(H3,13,15,16,20). The van der Waals surface area contributed by atoms with E-state index in [4.69, 9.17) is 15.2 Å². The number of aromatic amines is 1. The summed E-state index contributed by atoms with van der Waals surface area (Å²) in [4.78, 5) is 33.3. The third kappa shape index (κ3) is 2.42. The van der Waals surface area contributed by atoms with Crippen molar-refractivity contribution in [3.63, 3.8) is 0 Å². The van der Waals surface area contributed by atoms with Gasteiger partial charge in [-0.05, 0) is 0 Å². The number of nitrogens with zero attached hydrogens (tertiary/aromatic N) is 3. The fourth-order valence-corrected chi connectivity index (χ4v) is 2.53. The second kappa shape index (κ2) is 5.39. The number of rotatable bonds is 3. The second-order valence-corrected chi connectivity index (χ2v) is 4.97. The zero-order chi connectivity index (χ0) is 15.9. The van der Waals surface area contributed by atoms with Crippen LogP contribution in [0.4, 0.5) is 5.95 Å². The number of esters is 1. The fourth-order valence-electron chi connectivity index (χ4n) is 2.53. The van der Waals surface area contributed by atoms with Crippen LogP contribution in [0.5, 0.6) is 0 Å². The van der Waals surface area contributed by atoms with Crippen LogP contribution in [0.3, 0.4) is 0 Å². The van der Waals surface area contributed by atoms with Crippen molar-refractivity contribution >= 4 is 23.1 Å². The summed E-state index contributed by atoms with van der Waals surface area (Å²) in [6, 6.07) is 0. The van der Waals surface area contributed by atoms with E-state index < -0.39 is 30.0 Å². The molecule has 1 saturated heterocycles. The Balaban J connectivity index is 1.95. The maximum absolute atomic E-state index is 11.8. The van der Waals surface area contributed by atoms with Crippen molar-refractivity contribution < 1.29 is 19.4 Å². The van der Waals surface area contributed by atoms with E-state index in [1.807, 2.05) is 0 Å². The lowest BCUT2D eigenvalue weighted by Gasteiger charge is -2.15. The van der Waals surface area contributed by atoms with E-state index in [0.717, 1.165) is 0 Å². The molecular formula is C12H15N5O5. The van der Waals surface area contributed by atoms with Gasteiger partial charge in [-0.3, -0.25) is 19.1 Å². The number of fused-ring (bicyclic) bond motifs is 1. The third-order valence-corrected chi connectivity index (χ3v) is 3.44. The summed E-state index contributed by atoms with van der Waals surface area (Å²) in [6.45, 7) is 0.993. The first-order valence-corrected chi connectivity index (χ1v) is 6.65. The number of imidazole rings is 1. The van der Waals surface area contributed by atoms with Crippen molar-refractivity contribution in [3.05, 3.63) is 16.7 Å². The SMILES string of the molecule is CC(=O)OC1CC(n2cnc3c(=O)[nH]c(N)nc32)OC1CO. The number of carbonyl (C=O) groups is 1. The average molecular weight is 309 g/mol. The predicted octanol–water partition coefficient (Wildman–Crippen LogP) is -1.09. The van der Waals surface area contributed by atoms with Crippen LogP contribution in [0.2, 0.25) is 0 Å². The van der Waals surface area contributed by atoms with Crippen LogP contribution in [0.25, 0.3) is 11.2 Å². The quantitative estimate of drug-likeness (QED) is 0.606. The zero-order valence-electron chi connectivity index (χ0n) is 11.7. The fraction of sp³-hybridized carbons (Fsp3) is 0.500. The summed E-state index contributed by atoms with van der Waals surface area (Å²) in [5.74, 6) is -0.491. The lowest BCUT2D eigenvalue weighted by molar-refractivity contribution is -0.150. The Kier molecular flexibility index (Phi) is 3.54. The summed E-state index contributed by atoms with van der Waals surface area (Å²) in [6.07, 6.45) is -0.0816. The van der Waals surface area contributed by atoms with Crippen molar-refractivity contribution in [2.45, 2.75) is 31.8 Å². The van der Waals surface area contributed by atoms with Gasteiger partial charge in [0, 0.05) is 13.3 Å². The van der Waals surface area contributed by atoms with Gasteiger partial charge in [0.2, 0.25) is 5.95 Å². The maximum Gasteiger partial charge on any atom is 0.302 e. The molecule has 0 radical (unpaired) electrons. The maximum atomic E-state index is 11.8. The molecule has 3 rings (SSSR count). The van der Waals surface area contributed by atoms with Crippen LogP contribution in [-0.2, 0) is 14.3 Å². The number of hydrogen-bond acceptors (Lipinski definition) is 8. The lowest BCUT2D eigenvalue weighted by atomic mass is 10.2. The van der Waals surface area contributed by atoms with Gasteiger partial charge in [-0.1, -0.05) is 0 Å². The molecule has 1 aliphatic rings. The number of nitrogen functional groups attached to an aromatic ring is 1. The highest BCUT2D eigenvalue weighted by atomic mass is 16.6. The van der Waals surface area contributed by atoms with E-state index in [1.54, 1.807) is 0 Å². The minimum atomic E-state index is -0.648. The number of aliphatic hydroxyl groups is 1. The molecule has 3 unspecified atom stereocenters. The molecule has 3 heterocycles. The largest absolute Gasteiger partial charge is 0.460 e. The number of nitrogens with two attached hydrogens (primary N) is 1. The number of aromatic nitrogens is 4. The number of carbonyl (C=O) groups excluding carboxylic acids is 1. The van der Waals surface area contributed by atoms with Gasteiger partial charge in [0.1, 0.15) is 18.4 Å². The minimum absolute atomic E-state index is 0.0347. The first-order valence-electron chi connectivity index (χ1n) is 6.65. The molecular weight excluding hydrogens is 294 g/mol. The molecule has 0 aliphatic carbocycles. The molecule has 118 valence electrons. The molecule has 22 heavy (non-hydrogen) atoms. The minimum Gasteiger partial charge on any atom is -0.460 e. The summed E-state index contributed by atoms with van der Waals surface area (Å²) < 4.78 is 12.3. The Bertz CT molecular complexity index is 769. The Morgan fingerprint density at radius 1 is 1.68 bits per heavy atom. The second-order valence-electron chi connectivity index (χ2n) is 4.97. The van der Waals surface area contributed by atoms with E-state index in [2.05, 4.69) is 15.0 Å². The van der Waals surface area contributed by atoms with Gasteiger partial charge in [0.25, 0.3) is 5.56 Å². The van der Waals surface area contributed by atoms with Crippen molar-refractivity contribution in [1.82, 2.24) is 19.5 Å². The molecule has 10 heteroatoms. The van der Waals surface area contributed by atoms with Crippen LogP contribution in [0, 0.1) is 0 Å². The number of anilines is 1. The summed E-state index contributed by atoms with van der Waals surface area (Å²) in [5.41, 5.74) is 5.49. The monoisotopic (exact) mass is 309 g/mol. The number of ether oxygens (including phenoxy) is 2. The Morgan fingerprint density at radius 2 is 2.45 bits per heavy atom. The Labute approximate surface area is 123 Å². The van der Waals surface area contributed by atoms with E-state index in [-0.39, 0.29) is 23.7 Å². The molecule has 0 bridgehead atoms. The zero-order valence-corrected chi connectivity index (χ0v) is 11.7.